The number of benzene rings is 1. The van der Waals surface area contributed by atoms with E-state index in [1.807, 2.05) is 19.1 Å². The Balaban J connectivity index is 2.24. The molecule has 102 valence electrons. The zero-order valence-corrected chi connectivity index (χ0v) is 11.7. The van der Waals surface area contributed by atoms with E-state index in [0.29, 0.717) is 13.1 Å². The molecule has 0 aliphatic carbocycles. The van der Waals surface area contributed by atoms with Crippen LogP contribution in [0.15, 0.2) is 18.2 Å². The number of aryl methyl sites for hydroxylation is 1. The monoisotopic (exact) mass is 271 g/mol. The fourth-order valence-electron chi connectivity index (χ4n) is 1.62. The van der Waals surface area contributed by atoms with Crippen LogP contribution in [-0.4, -0.2) is 34.3 Å². The highest BCUT2D eigenvalue weighted by molar-refractivity contribution is 7.88. The van der Waals surface area contributed by atoms with Gasteiger partial charge in [-0.3, -0.25) is 0 Å². The third kappa shape index (κ3) is 6.00. The van der Waals surface area contributed by atoms with Gasteiger partial charge in [-0.1, -0.05) is 17.7 Å². The molecule has 0 saturated carbocycles. The Morgan fingerprint density at radius 3 is 2.61 bits per heavy atom. The van der Waals surface area contributed by atoms with Gasteiger partial charge in [0.1, 0.15) is 0 Å². The number of nitrogens with one attached hydrogen (secondary N) is 2. The fourth-order valence-corrected chi connectivity index (χ4v) is 2.10. The predicted octanol–water partition coefficient (Wildman–Crippen LogP) is 0.259. The van der Waals surface area contributed by atoms with Gasteiger partial charge < -0.3 is 11.1 Å². The second kappa shape index (κ2) is 6.72. The molecular weight excluding hydrogens is 250 g/mol. The Morgan fingerprint density at radius 2 is 1.94 bits per heavy atom. The second-order valence-electron chi connectivity index (χ2n) is 4.37. The Kier molecular flexibility index (Phi) is 5.58. The molecule has 0 atom stereocenters. The number of anilines is 1. The molecule has 6 heteroatoms. The first-order valence-corrected chi connectivity index (χ1v) is 7.78. The largest absolute Gasteiger partial charge is 0.399 e. The van der Waals surface area contributed by atoms with Crippen LogP contribution in [0.5, 0.6) is 0 Å². The van der Waals surface area contributed by atoms with Crippen molar-refractivity contribution in [2.24, 2.45) is 0 Å². The van der Waals surface area contributed by atoms with E-state index in [1.165, 1.54) is 5.56 Å². The van der Waals surface area contributed by atoms with E-state index in [-0.39, 0.29) is 0 Å². The van der Waals surface area contributed by atoms with Crippen molar-refractivity contribution in [1.82, 2.24) is 10.0 Å². The van der Waals surface area contributed by atoms with Gasteiger partial charge in [-0.2, -0.15) is 0 Å². The van der Waals surface area contributed by atoms with Gasteiger partial charge in [0.05, 0.1) is 6.26 Å². The molecule has 18 heavy (non-hydrogen) atoms. The highest BCUT2D eigenvalue weighted by atomic mass is 32.2. The molecular formula is C12H21N3O2S. The van der Waals surface area contributed by atoms with E-state index in [0.717, 1.165) is 30.5 Å². The van der Waals surface area contributed by atoms with Gasteiger partial charge in [-0.25, -0.2) is 13.1 Å². The lowest BCUT2D eigenvalue weighted by molar-refractivity contribution is 0.582. The van der Waals surface area contributed by atoms with Gasteiger partial charge >= 0.3 is 0 Å². The first-order chi connectivity index (χ1) is 8.38. The Morgan fingerprint density at radius 1 is 1.22 bits per heavy atom. The molecule has 0 spiro atoms. The van der Waals surface area contributed by atoms with Crippen LogP contribution < -0.4 is 15.8 Å². The lowest BCUT2D eigenvalue weighted by Crippen LogP contribution is -2.31. The number of hydrogen-bond acceptors (Lipinski definition) is 4. The van der Waals surface area contributed by atoms with Crippen molar-refractivity contribution in [3.63, 3.8) is 0 Å². The van der Waals surface area contributed by atoms with E-state index >= 15 is 0 Å². The van der Waals surface area contributed by atoms with Crippen molar-refractivity contribution in [2.45, 2.75) is 13.3 Å². The molecule has 4 N–H and O–H groups in total. The normalized spacial score (nSPS) is 11.7. The second-order valence-corrected chi connectivity index (χ2v) is 6.20. The van der Waals surface area contributed by atoms with Crippen LogP contribution in [0.3, 0.4) is 0 Å². The highest BCUT2D eigenvalue weighted by Gasteiger charge is 2.00. The van der Waals surface area contributed by atoms with Gasteiger partial charge in [0.25, 0.3) is 0 Å². The average molecular weight is 271 g/mol. The first kappa shape index (κ1) is 14.9. The summed E-state index contributed by atoms with van der Waals surface area (Å²) >= 11 is 0. The molecule has 0 fully saturated rings. The van der Waals surface area contributed by atoms with E-state index in [1.54, 1.807) is 0 Å². The molecule has 0 radical (unpaired) electrons. The Hall–Kier alpha value is -1.11. The summed E-state index contributed by atoms with van der Waals surface area (Å²) in [6.07, 6.45) is 1.99. The molecule has 1 aromatic carbocycles. The molecule has 0 aromatic heterocycles. The number of nitrogens with two attached hydrogens (primary N) is 1. The number of nitrogen functional groups attached to an aromatic ring is 1. The summed E-state index contributed by atoms with van der Waals surface area (Å²) in [5, 5.41) is 3.17. The van der Waals surface area contributed by atoms with Crippen LogP contribution in [-0.2, 0) is 16.4 Å². The van der Waals surface area contributed by atoms with Crippen molar-refractivity contribution in [1.29, 1.82) is 0 Å². The minimum Gasteiger partial charge on any atom is -0.399 e. The van der Waals surface area contributed by atoms with Crippen LogP contribution in [0.25, 0.3) is 0 Å². The molecule has 0 bridgehead atoms. The molecule has 0 unspecified atom stereocenters. The summed E-state index contributed by atoms with van der Waals surface area (Å²) in [5.41, 5.74) is 8.99. The van der Waals surface area contributed by atoms with Crippen molar-refractivity contribution in [2.75, 3.05) is 31.6 Å². The third-order valence-corrected chi connectivity index (χ3v) is 3.26. The van der Waals surface area contributed by atoms with Crippen LogP contribution in [0.4, 0.5) is 5.69 Å². The summed E-state index contributed by atoms with van der Waals surface area (Å²) in [6, 6.07) is 5.98. The van der Waals surface area contributed by atoms with Crippen LogP contribution >= 0.6 is 0 Å². The Labute approximate surface area is 109 Å². The van der Waals surface area contributed by atoms with Gasteiger partial charge in [0.15, 0.2) is 0 Å². The number of hydrogen-bond donors (Lipinski definition) is 3. The SMILES string of the molecule is Cc1ccc(N)c(CCNCCNS(C)(=O)=O)c1. The lowest BCUT2D eigenvalue weighted by Gasteiger charge is -2.08. The van der Waals surface area contributed by atoms with E-state index < -0.39 is 10.0 Å². The number of sulfonamides is 1. The van der Waals surface area contributed by atoms with Gasteiger partial charge in [0.2, 0.25) is 10.0 Å². The molecule has 5 nitrogen and oxygen atoms in total. The third-order valence-electron chi connectivity index (χ3n) is 2.54. The standard InChI is InChI=1S/C12H21N3O2S/c1-10-3-4-12(13)11(9-10)5-6-14-7-8-15-18(2,16)17/h3-4,9,14-15H,5-8,13H2,1-2H3. The zero-order valence-electron chi connectivity index (χ0n) is 10.9. The summed E-state index contributed by atoms with van der Waals surface area (Å²) in [7, 11) is -3.09. The molecule has 1 aromatic rings. The predicted molar refractivity (Wildman–Crippen MR) is 75.0 cm³/mol. The molecule has 0 heterocycles. The number of rotatable bonds is 7. The maximum absolute atomic E-state index is 10.8. The fraction of sp³-hybridized carbons (Fsp3) is 0.500. The van der Waals surface area contributed by atoms with Gasteiger partial charge in [-0.05, 0) is 31.5 Å². The van der Waals surface area contributed by atoms with Gasteiger partial charge in [-0.15, -0.1) is 0 Å². The molecule has 0 amide bonds. The summed E-state index contributed by atoms with van der Waals surface area (Å²) in [5.74, 6) is 0. The van der Waals surface area contributed by atoms with Crippen LogP contribution in [0.1, 0.15) is 11.1 Å². The molecule has 0 aliphatic heterocycles. The topological polar surface area (TPSA) is 84.2 Å². The maximum Gasteiger partial charge on any atom is 0.208 e. The van der Waals surface area contributed by atoms with Crippen LogP contribution in [0, 0.1) is 6.92 Å². The van der Waals surface area contributed by atoms with Crippen LogP contribution in [0.2, 0.25) is 0 Å². The average Bonchev–Trinajstić information content (AvgIpc) is 2.26. The zero-order chi connectivity index (χ0) is 13.6. The smallest absolute Gasteiger partial charge is 0.208 e. The summed E-state index contributed by atoms with van der Waals surface area (Å²) in [6.45, 7) is 3.83. The highest BCUT2D eigenvalue weighted by Crippen LogP contribution is 2.13. The Bertz CT molecular complexity index is 486. The lowest BCUT2D eigenvalue weighted by atomic mass is 10.1. The van der Waals surface area contributed by atoms with Crippen molar-refractivity contribution < 1.29 is 8.42 Å². The molecule has 1 rings (SSSR count). The molecule has 0 aliphatic rings. The minimum atomic E-state index is -3.09. The molecule has 0 saturated heterocycles. The van der Waals surface area contributed by atoms with Gasteiger partial charge in [0, 0.05) is 18.8 Å². The van der Waals surface area contributed by atoms with Crippen molar-refractivity contribution in [3.05, 3.63) is 29.3 Å². The quantitative estimate of drug-likeness (QED) is 0.490. The van der Waals surface area contributed by atoms with E-state index in [4.69, 9.17) is 5.73 Å². The van der Waals surface area contributed by atoms with E-state index in [2.05, 4.69) is 16.1 Å². The van der Waals surface area contributed by atoms with E-state index in [9.17, 15) is 8.42 Å². The summed E-state index contributed by atoms with van der Waals surface area (Å²) in [4.78, 5) is 0. The van der Waals surface area contributed by atoms with Crippen molar-refractivity contribution >= 4 is 15.7 Å². The summed E-state index contributed by atoms with van der Waals surface area (Å²) < 4.78 is 24.1. The van der Waals surface area contributed by atoms with Crippen molar-refractivity contribution in [3.8, 4) is 0 Å². The maximum atomic E-state index is 10.8. The minimum absolute atomic E-state index is 0.405. The first-order valence-electron chi connectivity index (χ1n) is 5.89.